The molecule has 0 fully saturated rings. The van der Waals surface area contributed by atoms with Crippen LogP contribution in [-0.4, -0.2) is 48.9 Å². The number of fused-ring (bicyclic) bond motifs is 1. The number of carbonyl (C=O) groups excluding carboxylic acids is 2. The molecule has 36 heavy (non-hydrogen) atoms. The molecule has 0 saturated heterocycles. The molecule has 0 radical (unpaired) electrons. The maximum Gasteiger partial charge on any atom is 0.326 e. The van der Waals surface area contributed by atoms with Gasteiger partial charge in [0.1, 0.15) is 6.54 Å². The van der Waals surface area contributed by atoms with Gasteiger partial charge in [0.25, 0.3) is 5.91 Å². The van der Waals surface area contributed by atoms with Gasteiger partial charge in [0.2, 0.25) is 10.0 Å². The fraction of sp³-hybridized carbons (Fsp3) is 0.423. The molecule has 0 aliphatic heterocycles. The fourth-order valence-corrected chi connectivity index (χ4v) is 6.34. The predicted octanol–water partition coefficient (Wildman–Crippen LogP) is 4.38. The van der Waals surface area contributed by atoms with Crippen LogP contribution in [0, 0.1) is 0 Å². The first kappa shape index (κ1) is 27.8. The highest BCUT2D eigenvalue weighted by atomic mass is 32.2. The standard InChI is InChI=1S/C26H33N3O5S2/c1-5-9-16-28(7-3)36(32,33)21-13-11-20(12-14-21)25(31)27-26-29(18-24(30)34-8-4)22-15-10-19(6-2)17-23(22)35-26/h10-15,17H,5-9,16,18H2,1-4H3. The average molecular weight is 532 g/mol. The summed E-state index contributed by atoms with van der Waals surface area (Å²) in [7, 11) is -3.64. The number of thiazole rings is 1. The van der Waals surface area contributed by atoms with E-state index in [4.69, 9.17) is 4.74 Å². The molecule has 3 rings (SSSR count). The van der Waals surface area contributed by atoms with E-state index in [9.17, 15) is 18.0 Å². The van der Waals surface area contributed by atoms with Crippen LogP contribution in [0.4, 0.5) is 0 Å². The molecular formula is C26H33N3O5S2. The second-order valence-corrected chi connectivity index (χ2v) is 11.2. The monoisotopic (exact) mass is 531 g/mol. The number of esters is 1. The van der Waals surface area contributed by atoms with Crippen LogP contribution in [-0.2, 0) is 32.5 Å². The number of hydrogen-bond acceptors (Lipinski definition) is 6. The zero-order chi connectivity index (χ0) is 26.3. The lowest BCUT2D eigenvalue weighted by atomic mass is 10.2. The van der Waals surface area contributed by atoms with E-state index < -0.39 is 21.9 Å². The molecule has 0 atom stereocenters. The van der Waals surface area contributed by atoms with Crippen molar-refractivity contribution in [1.82, 2.24) is 8.87 Å². The maximum absolute atomic E-state index is 13.0. The summed E-state index contributed by atoms with van der Waals surface area (Å²) in [4.78, 5) is 30.1. The quantitative estimate of drug-likeness (QED) is 0.342. The number of ether oxygens (including phenoxy) is 1. The van der Waals surface area contributed by atoms with Gasteiger partial charge in [-0.1, -0.05) is 44.6 Å². The molecule has 1 aromatic heterocycles. The topological polar surface area (TPSA) is 98.0 Å². The number of nitrogens with zero attached hydrogens (tertiary/aromatic N) is 3. The summed E-state index contributed by atoms with van der Waals surface area (Å²) in [5.41, 5.74) is 2.20. The summed E-state index contributed by atoms with van der Waals surface area (Å²) in [6.45, 7) is 8.66. The molecule has 194 valence electrons. The van der Waals surface area contributed by atoms with Gasteiger partial charge in [0.15, 0.2) is 4.80 Å². The molecular weight excluding hydrogens is 498 g/mol. The number of aromatic nitrogens is 1. The largest absolute Gasteiger partial charge is 0.465 e. The number of unbranched alkanes of at least 4 members (excludes halogenated alkanes) is 1. The van der Waals surface area contributed by atoms with E-state index in [1.165, 1.54) is 39.9 Å². The smallest absolute Gasteiger partial charge is 0.326 e. The fourth-order valence-electron chi connectivity index (χ4n) is 3.76. The molecule has 1 heterocycles. The predicted molar refractivity (Wildman–Crippen MR) is 142 cm³/mol. The first-order valence-corrected chi connectivity index (χ1v) is 14.5. The summed E-state index contributed by atoms with van der Waals surface area (Å²) >= 11 is 1.32. The van der Waals surface area contributed by atoms with E-state index in [0.29, 0.717) is 17.9 Å². The Morgan fingerprint density at radius 2 is 1.78 bits per heavy atom. The summed E-state index contributed by atoms with van der Waals surface area (Å²) in [6.07, 6.45) is 2.54. The SMILES string of the molecule is CCCCN(CC)S(=O)(=O)c1ccc(C(=O)N=c2sc3cc(CC)ccc3n2CC(=O)OCC)cc1. The Labute approximate surface area is 216 Å². The van der Waals surface area contributed by atoms with Crippen LogP contribution >= 0.6 is 11.3 Å². The molecule has 0 unspecified atom stereocenters. The highest BCUT2D eigenvalue weighted by molar-refractivity contribution is 7.89. The van der Waals surface area contributed by atoms with Crippen molar-refractivity contribution >= 4 is 43.5 Å². The van der Waals surface area contributed by atoms with Crippen LogP contribution < -0.4 is 4.80 Å². The van der Waals surface area contributed by atoms with Crippen molar-refractivity contribution in [2.75, 3.05) is 19.7 Å². The van der Waals surface area contributed by atoms with Gasteiger partial charge in [-0.2, -0.15) is 9.30 Å². The van der Waals surface area contributed by atoms with Crippen molar-refractivity contribution in [3.8, 4) is 0 Å². The summed E-state index contributed by atoms with van der Waals surface area (Å²) in [6, 6.07) is 11.8. The van der Waals surface area contributed by atoms with Crippen LogP contribution in [0.5, 0.6) is 0 Å². The van der Waals surface area contributed by atoms with Crippen LogP contribution in [0.25, 0.3) is 10.2 Å². The molecule has 0 bridgehead atoms. The molecule has 1 amide bonds. The molecule has 0 aliphatic carbocycles. The van der Waals surface area contributed by atoms with Crippen molar-refractivity contribution in [3.05, 3.63) is 58.4 Å². The van der Waals surface area contributed by atoms with E-state index in [1.807, 2.05) is 32.0 Å². The Hall–Kier alpha value is -2.82. The first-order valence-electron chi connectivity index (χ1n) is 12.2. The Balaban J connectivity index is 1.96. The van der Waals surface area contributed by atoms with Gasteiger partial charge in [-0.15, -0.1) is 0 Å². The van der Waals surface area contributed by atoms with Gasteiger partial charge in [0, 0.05) is 18.7 Å². The molecule has 2 aromatic carbocycles. The van der Waals surface area contributed by atoms with Crippen LogP contribution in [0.15, 0.2) is 52.4 Å². The van der Waals surface area contributed by atoms with Crippen molar-refractivity contribution in [3.63, 3.8) is 0 Å². The number of benzene rings is 2. The summed E-state index contributed by atoms with van der Waals surface area (Å²) in [5.74, 6) is -0.930. The van der Waals surface area contributed by atoms with Crippen LogP contribution in [0.1, 0.15) is 56.5 Å². The molecule has 0 N–H and O–H groups in total. The van der Waals surface area contributed by atoms with E-state index in [1.54, 1.807) is 11.5 Å². The highest BCUT2D eigenvalue weighted by Crippen LogP contribution is 2.21. The molecule has 10 heteroatoms. The lowest BCUT2D eigenvalue weighted by Gasteiger charge is -2.20. The van der Waals surface area contributed by atoms with Crippen molar-refractivity contribution in [2.45, 2.75) is 58.4 Å². The molecule has 0 aliphatic rings. The second kappa shape index (κ2) is 12.4. The molecule has 0 saturated carbocycles. The Kier molecular flexibility index (Phi) is 9.58. The second-order valence-electron chi connectivity index (χ2n) is 8.22. The van der Waals surface area contributed by atoms with Crippen molar-refractivity contribution in [1.29, 1.82) is 0 Å². The van der Waals surface area contributed by atoms with Crippen LogP contribution in [0.3, 0.4) is 0 Å². The number of carbonyl (C=O) groups is 2. The zero-order valence-corrected chi connectivity index (χ0v) is 22.8. The summed E-state index contributed by atoms with van der Waals surface area (Å²) < 4.78 is 35.1. The van der Waals surface area contributed by atoms with Gasteiger partial charge in [-0.05, 0) is 61.7 Å². The van der Waals surface area contributed by atoms with E-state index in [2.05, 4.69) is 11.9 Å². The minimum Gasteiger partial charge on any atom is -0.465 e. The average Bonchev–Trinajstić information content (AvgIpc) is 3.20. The lowest BCUT2D eigenvalue weighted by molar-refractivity contribution is -0.143. The van der Waals surface area contributed by atoms with Gasteiger partial charge < -0.3 is 9.30 Å². The minimum atomic E-state index is -3.64. The van der Waals surface area contributed by atoms with Crippen molar-refractivity contribution < 1.29 is 22.7 Å². The maximum atomic E-state index is 13.0. The van der Waals surface area contributed by atoms with Gasteiger partial charge >= 0.3 is 5.97 Å². The van der Waals surface area contributed by atoms with Gasteiger partial charge in [-0.25, -0.2) is 8.42 Å². The van der Waals surface area contributed by atoms with Gasteiger partial charge in [0.05, 0.1) is 21.7 Å². The molecule has 0 spiro atoms. The minimum absolute atomic E-state index is 0.0623. The third kappa shape index (κ3) is 6.29. The number of sulfonamides is 1. The van der Waals surface area contributed by atoms with E-state index in [0.717, 1.165) is 35.0 Å². The zero-order valence-electron chi connectivity index (χ0n) is 21.2. The summed E-state index contributed by atoms with van der Waals surface area (Å²) in [5, 5.41) is 0. The van der Waals surface area contributed by atoms with Crippen LogP contribution in [0.2, 0.25) is 0 Å². The Morgan fingerprint density at radius 1 is 1.06 bits per heavy atom. The first-order chi connectivity index (χ1) is 17.2. The number of aryl methyl sites for hydroxylation is 1. The normalized spacial score (nSPS) is 12.4. The molecule has 8 nitrogen and oxygen atoms in total. The Morgan fingerprint density at radius 3 is 2.39 bits per heavy atom. The Bertz CT molecular complexity index is 1390. The lowest BCUT2D eigenvalue weighted by Crippen LogP contribution is -2.31. The molecule has 3 aromatic rings. The number of amides is 1. The highest BCUT2D eigenvalue weighted by Gasteiger charge is 2.23. The van der Waals surface area contributed by atoms with Gasteiger partial charge in [-0.3, -0.25) is 9.59 Å². The number of rotatable bonds is 11. The van der Waals surface area contributed by atoms with Crippen molar-refractivity contribution in [2.24, 2.45) is 4.99 Å². The third-order valence-corrected chi connectivity index (χ3v) is 8.83. The third-order valence-electron chi connectivity index (χ3n) is 5.80. The van der Waals surface area contributed by atoms with E-state index >= 15 is 0 Å². The van der Waals surface area contributed by atoms with E-state index in [-0.39, 0.29) is 23.6 Å². The number of hydrogen-bond donors (Lipinski definition) is 0.